The maximum Gasteiger partial charge on any atom is 0.188 e. The summed E-state index contributed by atoms with van der Waals surface area (Å²) in [6.07, 6.45) is 20.1. The molecule has 110 valence electrons. The highest BCUT2D eigenvalue weighted by Gasteiger charge is 2.01. The Kier molecular flexibility index (Phi) is 10.5. The molecule has 19 heavy (non-hydrogen) atoms. The Bertz CT molecular complexity index is 258. The van der Waals surface area contributed by atoms with Crippen LogP contribution in [0.3, 0.4) is 0 Å². The zero-order chi connectivity index (χ0) is 13.6. The van der Waals surface area contributed by atoms with Crippen molar-refractivity contribution in [1.29, 1.82) is 0 Å². The predicted octanol–water partition coefficient (Wildman–Crippen LogP) is 5.63. The average molecular weight is 265 g/mol. The predicted molar refractivity (Wildman–Crippen MR) is 83.6 cm³/mol. The molecule has 0 saturated heterocycles. The van der Waals surface area contributed by atoms with Crippen molar-refractivity contribution in [3.63, 3.8) is 0 Å². The zero-order valence-corrected chi connectivity index (χ0v) is 12.7. The van der Waals surface area contributed by atoms with E-state index in [1.165, 1.54) is 70.6 Å². The molecule has 0 aromatic heterocycles. The van der Waals surface area contributed by atoms with Crippen molar-refractivity contribution in [3.8, 4) is 0 Å². The lowest BCUT2D eigenvalue weighted by atomic mass is 10.1. The molecule has 0 amide bonds. The molecular weight excluding hydrogens is 234 g/mol. The zero-order valence-electron chi connectivity index (χ0n) is 12.7. The van der Waals surface area contributed by atoms with Crippen molar-refractivity contribution in [2.45, 2.75) is 84.0 Å². The van der Waals surface area contributed by atoms with Crippen molar-refractivity contribution in [2.24, 2.45) is 4.99 Å². The molecule has 2 heteroatoms. The molecule has 0 unspecified atom stereocenters. The van der Waals surface area contributed by atoms with Gasteiger partial charge in [0.05, 0.1) is 0 Å². The van der Waals surface area contributed by atoms with Gasteiger partial charge in [0.2, 0.25) is 0 Å². The van der Waals surface area contributed by atoms with E-state index in [1.807, 2.05) is 12.3 Å². The Morgan fingerprint density at radius 3 is 2.00 bits per heavy atom. The minimum Gasteiger partial charge on any atom is -0.476 e. The Hall–Kier alpha value is -0.790. The monoisotopic (exact) mass is 265 g/mol. The van der Waals surface area contributed by atoms with Crippen LogP contribution >= 0.6 is 0 Å². The summed E-state index contributed by atoms with van der Waals surface area (Å²) in [7, 11) is 0. The molecule has 0 saturated carbocycles. The molecule has 1 aliphatic heterocycles. The van der Waals surface area contributed by atoms with E-state index in [0.717, 1.165) is 12.3 Å². The molecule has 0 bridgehead atoms. The molecular formula is C17H31NO. The first-order valence-electron chi connectivity index (χ1n) is 8.28. The quantitative estimate of drug-likeness (QED) is 0.419. The number of unbranched alkanes of at least 4 members (excludes halogenated alkanes) is 10. The average Bonchev–Trinajstić information content (AvgIpc) is 2.46. The Labute approximate surface area is 119 Å². The van der Waals surface area contributed by atoms with E-state index in [-0.39, 0.29) is 0 Å². The van der Waals surface area contributed by atoms with Gasteiger partial charge in [0.1, 0.15) is 6.61 Å². The molecule has 0 fully saturated rings. The summed E-state index contributed by atoms with van der Waals surface area (Å²) >= 11 is 0. The summed E-state index contributed by atoms with van der Waals surface area (Å²) in [5.74, 6) is 0.929. The van der Waals surface area contributed by atoms with Crippen LogP contribution in [0, 0.1) is 0 Å². The maximum atomic E-state index is 5.43. The summed E-state index contributed by atoms with van der Waals surface area (Å²) in [6.45, 7) is 2.98. The molecule has 0 aliphatic carbocycles. The topological polar surface area (TPSA) is 21.6 Å². The molecule has 2 nitrogen and oxygen atoms in total. The van der Waals surface area contributed by atoms with Gasteiger partial charge in [-0.25, -0.2) is 4.99 Å². The first-order valence-corrected chi connectivity index (χ1v) is 8.28. The van der Waals surface area contributed by atoms with Gasteiger partial charge in [-0.1, -0.05) is 71.1 Å². The van der Waals surface area contributed by atoms with Crippen molar-refractivity contribution in [1.82, 2.24) is 0 Å². The molecule has 0 radical (unpaired) electrons. The minimum absolute atomic E-state index is 0.705. The lowest BCUT2D eigenvalue weighted by Crippen LogP contribution is -2.07. The van der Waals surface area contributed by atoms with Crippen LogP contribution in [0.1, 0.15) is 84.0 Å². The fraction of sp³-hybridized carbons (Fsp3) is 0.824. The Balaban J connectivity index is 1.76. The van der Waals surface area contributed by atoms with Gasteiger partial charge in [0.25, 0.3) is 0 Å². The molecule has 0 aromatic rings. The maximum absolute atomic E-state index is 5.43. The number of rotatable bonds is 12. The third-order valence-electron chi connectivity index (χ3n) is 3.66. The van der Waals surface area contributed by atoms with Crippen LogP contribution in [0.5, 0.6) is 0 Å². The van der Waals surface area contributed by atoms with E-state index in [2.05, 4.69) is 11.9 Å². The van der Waals surface area contributed by atoms with E-state index in [9.17, 15) is 0 Å². The van der Waals surface area contributed by atoms with Crippen LogP contribution in [-0.4, -0.2) is 12.5 Å². The SMILES string of the molecule is CCCCCCCCCCCCCC1=NC=CCO1. The minimum atomic E-state index is 0.705. The van der Waals surface area contributed by atoms with Gasteiger partial charge in [-0.05, 0) is 12.5 Å². The summed E-state index contributed by atoms with van der Waals surface area (Å²) < 4.78 is 5.43. The van der Waals surface area contributed by atoms with Crippen molar-refractivity contribution in [3.05, 3.63) is 12.3 Å². The Morgan fingerprint density at radius 2 is 1.47 bits per heavy atom. The van der Waals surface area contributed by atoms with Crippen LogP contribution < -0.4 is 0 Å². The largest absolute Gasteiger partial charge is 0.476 e. The first-order chi connectivity index (χ1) is 9.43. The highest BCUT2D eigenvalue weighted by molar-refractivity contribution is 5.77. The standard InChI is InChI=1S/C17H31NO/c1-2-3-4-5-6-7-8-9-10-11-12-14-17-18-15-13-16-19-17/h13,15H,2-12,14,16H2,1H3. The van der Waals surface area contributed by atoms with Gasteiger partial charge in [-0.2, -0.15) is 0 Å². The summed E-state index contributed by atoms with van der Waals surface area (Å²) in [5.41, 5.74) is 0. The van der Waals surface area contributed by atoms with Crippen LogP contribution in [0.15, 0.2) is 17.3 Å². The van der Waals surface area contributed by atoms with Gasteiger partial charge in [-0.15, -0.1) is 0 Å². The van der Waals surface area contributed by atoms with Crippen LogP contribution in [0.25, 0.3) is 0 Å². The number of aliphatic imine (C=N–C) groups is 1. The molecule has 0 N–H and O–H groups in total. The third kappa shape index (κ3) is 9.75. The smallest absolute Gasteiger partial charge is 0.188 e. The molecule has 0 atom stereocenters. The van der Waals surface area contributed by atoms with E-state index in [0.29, 0.717) is 6.61 Å². The van der Waals surface area contributed by atoms with E-state index < -0.39 is 0 Å². The number of hydrogen-bond donors (Lipinski definition) is 0. The van der Waals surface area contributed by atoms with Gasteiger partial charge in [0, 0.05) is 12.6 Å². The lowest BCUT2D eigenvalue weighted by Gasteiger charge is -2.09. The fourth-order valence-corrected chi connectivity index (χ4v) is 2.44. The molecule has 1 rings (SSSR count). The van der Waals surface area contributed by atoms with Crippen molar-refractivity contribution >= 4 is 5.90 Å². The second kappa shape index (κ2) is 12.3. The second-order valence-electron chi connectivity index (χ2n) is 5.50. The number of hydrogen-bond acceptors (Lipinski definition) is 2. The van der Waals surface area contributed by atoms with Gasteiger partial charge in [-0.3, -0.25) is 0 Å². The summed E-state index contributed by atoms with van der Waals surface area (Å²) in [5, 5.41) is 0. The lowest BCUT2D eigenvalue weighted by molar-refractivity contribution is 0.331. The van der Waals surface area contributed by atoms with Crippen LogP contribution in [-0.2, 0) is 4.74 Å². The van der Waals surface area contributed by atoms with E-state index in [4.69, 9.17) is 4.74 Å². The third-order valence-corrected chi connectivity index (χ3v) is 3.66. The normalized spacial score (nSPS) is 14.3. The van der Waals surface area contributed by atoms with Gasteiger partial charge >= 0.3 is 0 Å². The molecule has 0 aromatic carbocycles. The van der Waals surface area contributed by atoms with Crippen LogP contribution in [0.4, 0.5) is 0 Å². The highest BCUT2D eigenvalue weighted by Crippen LogP contribution is 2.12. The molecule has 0 spiro atoms. The summed E-state index contributed by atoms with van der Waals surface area (Å²) in [4.78, 5) is 4.23. The summed E-state index contributed by atoms with van der Waals surface area (Å²) in [6, 6.07) is 0. The van der Waals surface area contributed by atoms with Crippen LogP contribution in [0.2, 0.25) is 0 Å². The van der Waals surface area contributed by atoms with E-state index in [1.54, 1.807) is 0 Å². The fourth-order valence-electron chi connectivity index (χ4n) is 2.44. The molecule has 1 heterocycles. The van der Waals surface area contributed by atoms with E-state index >= 15 is 0 Å². The number of nitrogens with zero attached hydrogens (tertiary/aromatic N) is 1. The number of ether oxygens (including phenoxy) is 1. The van der Waals surface area contributed by atoms with Gasteiger partial charge in [0.15, 0.2) is 5.90 Å². The second-order valence-corrected chi connectivity index (χ2v) is 5.50. The first kappa shape index (κ1) is 16.3. The van der Waals surface area contributed by atoms with Crippen molar-refractivity contribution in [2.75, 3.05) is 6.61 Å². The highest BCUT2D eigenvalue weighted by atomic mass is 16.5. The Morgan fingerprint density at radius 1 is 0.895 bits per heavy atom. The van der Waals surface area contributed by atoms with Gasteiger partial charge < -0.3 is 4.74 Å². The van der Waals surface area contributed by atoms with Crippen molar-refractivity contribution < 1.29 is 4.74 Å². The molecule has 1 aliphatic rings.